The number of nitrogens with zero attached hydrogens (tertiary/aromatic N) is 1. The maximum atomic E-state index is 11.6. The van der Waals surface area contributed by atoms with E-state index in [1.54, 1.807) is 24.3 Å². The van der Waals surface area contributed by atoms with E-state index in [9.17, 15) is 4.79 Å². The van der Waals surface area contributed by atoms with E-state index >= 15 is 0 Å². The molecule has 1 aromatic carbocycles. The van der Waals surface area contributed by atoms with Gasteiger partial charge in [-0.1, -0.05) is 23.7 Å². The minimum Gasteiger partial charge on any atom is -0.461 e. The summed E-state index contributed by atoms with van der Waals surface area (Å²) in [6.45, 7) is 0. The number of carbonyl (C=O) groups is 1. The number of furan rings is 1. The van der Waals surface area contributed by atoms with Gasteiger partial charge in [-0.05, 0) is 24.3 Å². The van der Waals surface area contributed by atoms with E-state index in [4.69, 9.17) is 16.0 Å². The number of rotatable bonds is 4. The van der Waals surface area contributed by atoms with Crippen molar-refractivity contribution in [3.05, 3.63) is 53.4 Å². The predicted molar refractivity (Wildman–Crippen MR) is 67.3 cm³/mol. The molecule has 1 aromatic heterocycles. The average Bonchev–Trinajstić information content (AvgIpc) is 2.85. The normalized spacial score (nSPS) is 10.9. The van der Waals surface area contributed by atoms with Crippen molar-refractivity contribution in [1.82, 2.24) is 0 Å². The largest absolute Gasteiger partial charge is 0.461 e. The summed E-state index contributed by atoms with van der Waals surface area (Å²) in [6.07, 6.45) is 3.20. The van der Waals surface area contributed by atoms with Crippen molar-refractivity contribution in [3.63, 3.8) is 0 Å². The average molecular weight is 248 g/mol. The first-order chi connectivity index (χ1) is 8.27. The monoisotopic (exact) mass is 247 g/mol. The summed E-state index contributed by atoms with van der Waals surface area (Å²) >= 11 is 5.92. The predicted octanol–water partition coefficient (Wildman–Crippen LogP) is 3.91. The lowest BCUT2D eigenvalue weighted by molar-refractivity contribution is 0.0975. The van der Waals surface area contributed by atoms with Crippen molar-refractivity contribution in [2.45, 2.75) is 6.42 Å². The van der Waals surface area contributed by atoms with Crippen LogP contribution in [0.2, 0.25) is 5.02 Å². The lowest BCUT2D eigenvalue weighted by Gasteiger charge is -1.95. The molecule has 0 aliphatic heterocycles. The van der Waals surface area contributed by atoms with Gasteiger partial charge in [0.25, 0.3) is 0 Å². The molecule has 1 heterocycles. The first kappa shape index (κ1) is 11.6. The number of carbonyl (C=O) groups excluding carboxylic acids is 1. The summed E-state index contributed by atoms with van der Waals surface area (Å²) < 4.78 is 4.98. The summed E-state index contributed by atoms with van der Waals surface area (Å²) in [5, 5.41) is 0.564. The van der Waals surface area contributed by atoms with Crippen LogP contribution < -0.4 is 0 Å². The van der Waals surface area contributed by atoms with Crippen molar-refractivity contribution in [3.8, 4) is 0 Å². The smallest absolute Gasteiger partial charge is 0.203 e. The minimum atomic E-state index is -0.106. The van der Waals surface area contributed by atoms with Crippen molar-refractivity contribution in [2.24, 2.45) is 4.99 Å². The fourth-order valence-electron chi connectivity index (χ4n) is 1.32. The zero-order valence-electron chi connectivity index (χ0n) is 8.97. The Morgan fingerprint density at radius 1 is 1.29 bits per heavy atom. The fraction of sp³-hybridized carbons (Fsp3) is 0.0769. The summed E-state index contributed by atoms with van der Waals surface area (Å²) in [4.78, 5) is 15.7. The summed E-state index contributed by atoms with van der Waals surface area (Å²) in [6, 6.07) is 10.5. The molecule has 0 unspecified atom stereocenters. The quantitative estimate of drug-likeness (QED) is 0.607. The molecular weight excluding hydrogens is 238 g/mol. The number of ketones is 1. The van der Waals surface area contributed by atoms with Crippen LogP contribution in [0.25, 0.3) is 0 Å². The van der Waals surface area contributed by atoms with Crippen LogP contribution in [0.1, 0.15) is 17.0 Å². The van der Waals surface area contributed by atoms with Gasteiger partial charge in [0.15, 0.2) is 5.76 Å². The molecule has 4 heteroatoms. The number of hydrogen-bond acceptors (Lipinski definition) is 3. The van der Waals surface area contributed by atoms with Gasteiger partial charge >= 0.3 is 0 Å². The van der Waals surface area contributed by atoms with Crippen LogP contribution in [0.4, 0.5) is 5.69 Å². The Morgan fingerprint density at radius 2 is 2.12 bits per heavy atom. The molecule has 2 rings (SSSR count). The number of hydrogen-bond donors (Lipinski definition) is 0. The first-order valence-electron chi connectivity index (χ1n) is 5.11. The molecule has 0 aliphatic rings. The van der Waals surface area contributed by atoms with Crippen LogP contribution in [0.3, 0.4) is 0 Å². The molecule has 0 saturated heterocycles. The maximum Gasteiger partial charge on any atom is 0.203 e. The summed E-state index contributed by atoms with van der Waals surface area (Å²) in [5.74, 6) is 0.237. The molecule has 0 bridgehead atoms. The highest BCUT2D eigenvalue weighted by Crippen LogP contribution is 2.23. The van der Waals surface area contributed by atoms with Crippen LogP contribution in [-0.2, 0) is 0 Å². The standard InChI is InChI=1S/C13H10ClNO2/c14-10-4-1-2-5-11(10)15-8-7-12(16)13-6-3-9-17-13/h1-6,8-9H,7H2. The summed E-state index contributed by atoms with van der Waals surface area (Å²) in [5.41, 5.74) is 0.654. The van der Waals surface area contributed by atoms with Crippen molar-refractivity contribution in [1.29, 1.82) is 0 Å². The van der Waals surface area contributed by atoms with Crippen molar-refractivity contribution >= 4 is 29.3 Å². The second-order valence-electron chi connectivity index (χ2n) is 3.37. The summed E-state index contributed by atoms with van der Waals surface area (Å²) in [7, 11) is 0. The van der Waals surface area contributed by atoms with E-state index in [1.165, 1.54) is 12.5 Å². The van der Waals surface area contributed by atoms with Gasteiger partial charge in [0.05, 0.1) is 17.0 Å². The molecule has 0 spiro atoms. The van der Waals surface area contributed by atoms with Gasteiger partial charge < -0.3 is 4.42 Å². The fourth-order valence-corrected chi connectivity index (χ4v) is 1.51. The van der Waals surface area contributed by atoms with Crippen LogP contribution >= 0.6 is 11.6 Å². The molecule has 0 radical (unpaired) electrons. The molecule has 0 atom stereocenters. The van der Waals surface area contributed by atoms with Crippen LogP contribution in [0.15, 0.2) is 52.1 Å². The molecule has 3 nitrogen and oxygen atoms in total. The molecule has 0 saturated carbocycles. The number of Topliss-reactive ketones (excluding diaryl/α,β-unsaturated/α-hetero) is 1. The Morgan fingerprint density at radius 3 is 2.82 bits per heavy atom. The molecule has 0 amide bonds. The van der Waals surface area contributed by atoms with Gasteiger partial charge in [-0.2, -0.15) is 0 Å². The zero-order chi connectivity index (χ0) is 12.1. The Kier molecular flexibility index (Phi) is 3.73. The Hall–Kier alpha value is -1.87. The zero-order valence-corrected chi connectivity index (χ0v) is 9.72. The minimum absolute atomic E-state index is 0.106. The highest BCUT2D eigenvalue weighted by Gasteiger charge is 2.06. The third kappa shape index (κ3) is 3.04. The van der Waals surface area contributed by atoms with Gasteiger partial charge in [0, 0.05) is 12.6 Å². The molecule has 0 N–H and O–H groups in total. The van der Waals surface area contributed by atoms with Gasteiger partial charge in [-0.25, -0.2) is 0 Å². The second kappa shape index (κ2) is 5.46. The second-order valence-corrected chi connectivity index (χ2v) is 3.77. The van der Waals surface area contributed by atoms with Gasteiger partial charge in [-0.15, -0.1) is 0 Å². The topological polar surface area (TPSA) is 42.6 Å². The highest BCUT2D eigenvalue weighted by atomic mass is 35.5. The molecule has 2 aromatic rings. The third-order valence-corrected chi connectivity index (χ3v) is 2.48. The first-order valence-corrected chi connectivity index (χ1v) is 5.49. The number of para-hydroxylation sites is 1. The number of benzene rings is 1. The van der Waals surface area contributed by atoms with E-state index in [2.05, 4.69) is 4.99 Å². The molecule has 86 valence electrons. The van der Waals surface area contributed by atoms with E-state index in [-0.39, 0.29) is 12.2 Å². The van der Waals surface area contributed by atoms with E-state index < -0.39 is 0 Å². The number of aliphatic imine (C=N–C) groups is 1. The lowest BCUT2D eigenvalue weighted by Crippen LogP contribution is -1.96. The van der Waals surface area contributed by atoms with E-state index in [0.29, 0.717) is 16.5 Å². The number of halogens is 1. The van der Waals surface area contributed by atoms with Gasteiger partial charge in [-0.3, -0.25) is 9.79 Å². The van der Waals surface area contributed by atoms with Gasteiger partial charge in [0.1, 0.15) is 0 Å². The van der Waals surface area contributed by atoms with E-state index in [0.717, 1.165) is 0 Å². The Bertz CT molecular complexity index is 532. The van der Waals surface area contributed by atoms with Crippen LogP contribution in [0.5, 0.6) is 0 Å². The van der Waals surface area contributed by atoms with Crippen molar-refractivity contribution in [2.75, 3.05) is 0 Å². The van der Waals surface area contributed by atoms with Crippen LogP contribution in [0, 0.1) is 0 Å². The van der Waals surface area contributed by atoms with Crippen molar-refractivity contribution < 1.29 is 9.21 Å². The van der Waals surface area contributed by atoms with E-state index in [1.807, 2.05) is 12.1 Å². The molecule has 17 heavy (non-hydrogen) atoms. The molecule has 0 fully saturated rings. The maximum absolute atomic E-state index is 11.6. The Labute approximate surface area is 104 Å². The highest BCUT2D eigenvalue weighted by molar-refractivity contribution is 6.33. The third-order valence-electron chi connectivity index (χ3n) is 2.16. The van der Waals surface area contributed by atoms with Crippen LogP contribution in [-0.4, -0.2) is 12.0 Å². The molecular formula is C13H10ClNO2. The molecule has 0 aliphatic carbocycles. The lowest BCUT2D eigenvalue weighted by atomic mass is 10.2. The Balaban J connectivity index is 1.99. The SMILES string of the molecule is O=C(CC=Nc1ccccc1Cl)c1ccco1. The van der Waals surface area contributed by atoms with Gasteiger partial charge in [0.2, 0.25) is 5.78 Å².